The van der Waals surface area contributed by atoms with Crippen molar-refractivity contribution in [1.82, 2.24) is 49.0 Å². The molecular weight excluding hydrogens is 1130 g/mol. The number of oxazole rings is 1. The topological polar surface area (TPSA) is 139 Å². The predicted octanol–water partition coefficient (Wildman–Crippen LogP) is 21.4. The smallest absolute Gasteiger partial charge is 0.191 e. The summed E-state index contributed by atoms with van der Waals surface area (Å²) in [5.74, 6) is 5.71. The van der Waals surface area contributed by atoms with Gasteiger partial charge in [0.2, 0.25) is 0 Å². The van der Waals surface area contributed by atoms with Crippen molar-refractivity contribution in [3.8, 4) is 0 Å². The number of thiazole rings is 1. The van der Waals surface area contributed by atoms with Crippen LogP contribution in [-0.2, 0) is 14.1 Å². The van der Waals surface area contributed by atoms with Crippen LogP contribution in [0.3, 0.4) is 0 Å². The fourth-order valence-corrected chi connectivity index (χ4v) is 10.2. The third-order valence-corrected chi connectivity index (χ3v) is 18.8. The monoisotopic (exact) mass is 1250 g/mol. The third kappa shape index (κ3) is 26.0. The molecule has 0 radical (unpaired) electrons. The average molecular weight is 1250 g/mol. The van der Waals surface area contributed by atoms with Crippen LogP contribution in [0, 0.1) is 235 Å². The number of imidazole rings is 1. The first-order valence-corrected chi connectivity index (χ1v) is 30.6. The van der Waals surface area contributed by atoms with E-state index >= 15 is 0 Å². The number of thiophene rings is 1. The van der Waals surface area contributed by atoms with Crippen LogP contribution in [0.2, 0.25) is 0 Å². The Morgan fingerprint density at radius 1 is 0.250 bits per heavy atom. The first-order valence-electron chi connectivity index (χ1n) is 29.0. The summed E-state index contributed by atoms with van der Waals surface area (Å²) in [6.45, 7) is 70.0. The van der Waals surface area contributed by atoms with Crippen molar-refractivity contribution in [3.05, 3.63) is 190 Å². The van der Waals surface area contributed by atoms with Crippen LogP contribution in [0.15, 0.2) is 8.83 Å². The summed E-state index contributed by atoms with van der Waals surface area (Å²) in [5, 5.41) is 1.17. The molecule has 12 nitrogen and oxygen atoms in total. The molecule has 0 aliphatic carbocycles. The van der Waals surface area contributed by atoms with E-state index in [1.165, 1.54) is 98.0 Å². The van der Waals surface area contributed by atoms with Gasteiger partial charge in [0.05, 0.1) is 44.9 Å². The normalized spacial score (nSPS) is 9.68. The zero-order valence-corrected chi connectivity index (χ0v) is 60.7. The molecular formula is C74H124N10O2S2. The molecule has 0 aliphatic rings. The van der Waals surface area contributed by atoms with Crippen molar-refractivity contribution < 1.29 is 8.83 Å². The Balaban J connectivity index is -0.000000449. The van der Waals surface area contributed by atoms with Crippen molar-refractivity contribution in [2.24, 2.45) is 14.1 Å². The number of rotatable bonds is 0. The highest BCUT2D eigenvalue weighted by atomic mass is 32.1. The van der Waals surface area contributed by atoms with Crippen LogP contribution in [-0.4, -0.2) is 49.0 Å². The molecule has 0 saturated carbocycles. The Bertz CT molecular complexity index is 3140. The van der Waals surface area contributed by atoms with Crippen LogP contribution in [0.1, 0.15) is 220 Å². The number of nitrogens with zero attached hydrogens (tertiary/aromatic N) is 10. The van der Waals surface area contributed by atoms with Crippen LogP contribution < -0.4 is 0 Å². The molecule has 9 rings (SSSR count). The zero-order valence-electron chi connectivity index (χ0n) is 59.1. The van der Waals surface area contributed by atoms with E-state index in [9.17, 15) is 0 Å². The summed E-state index contributed by atoms with van der Waals surface area (Å²) in [5.41, 5.74) is 29.5. The summed E-state index contributed by atoms with van der Waals surface area (Å²) in [6.07, 6.45) is 0. The number of hydrogen-bond acceptors (Lipinski definition) is 12. The molecule has 9 aromatic rings. The van der Waals surface area contributed by atoms with E-state index in [0.717, 1.165) is 91.8 Å². The Morgan fingerprint density at radius 2 is 0.614 bits per heavy atom. The maximum Gasteiger partial charge on any atom is 0.191 e. The Labute approximate surface area is 546 Å². The van der Waals surface area contributed by atoms with Crippen molar-refractivity contribution in [2.75, 3.05) is 0 Å². The molecule has 0 aromatic carbocycles. The van der Waals surface area contributed by atoms with Gasteiger partial charge in [-0.15, -0.1) is 22.7 Å². The minimum absolute atomic E-state index is 0. The maximum atomic E-state index is 5.34. The second kappa shape index (κ2) is 39.6. The van der Waals surface area contributed by atoms with E-state index in [1.807, 2.05) is 136 Å². The largest absolute Gasteiger partial charge is 0.466 e. The molecule has 0 saturated heterocycles. The SMILES string of the molecule is C.C.C.C.Cc1c(C)c(C)n(C)c1C.Cc1nc(C)c(C)c(C)c1C.Cc1nc(C)c(C)c(C)n1.Cc1nc(C)c(C)nc1C.Cc1nc(C)c(C)o1.Cc1nc(C)c(C)s1.Cc1nc(C)n(C)c1C.Cc1oc(C)c(C)c1C.Cc1sc(C)c(C)c1C. The van der Waals surface area contributed by atoms with Gasteiger partial charge in [-0.05, 0) is 284 Å². The third-order valence-electron chi connectivity index (χ3n) is 16.6. The number of aryl methyl sites for hydroxylation is 21. The molecule has 0 atom stereocenters. The van der Waals surface area contributed by atoms with Gasteiger partial charge >= 0.3 is 0 Å². The Kier molecular flexibility index (Phi) is 39.6. The second-order valence-electron chi connectivity index (χ2n) is 22.3. The van der Waals surface area contributed by atoms with E-state index in [1.54, 1.807) is 11.3 Å². The Hall–Kier alpha value is -6.38. The van der Waals surface area contributed by atoms with Crippen molar-refractivity contribution in [1.29, 1.82) is 0 Å². The highest BCUT2D eigenvalue weighted by molar-refractivity contribution is 7.12. The number of furan rings is 1. The van der Waals surface area contributed by atoms with E-state index in [4.69, 9.17) is 8.83 Å². The van der Waals surface area contributed by atoms with E-state index in [-0.39, 0.29) is 29.7 Å². The lowest BCUT2D eigenvalue weighted by molar-refractivity contribution is 0.493. The highest BCUT2D eigenvalue weighted by Gasteiger charge is 2.09. The molecule has 0 fully saturated rings. The molecule has 0 amide bonds. The Morgan fingerprint density at radius 3 is 0.795 bits per heavy atom. The standard InChI is InChI=1S/C10H15N.C9H15N.2C8H12N2.C8H12O.C8H12S.C7H12N2.C6H9NO.C6H9NS.4CH4/c1-6-7(2)9(4)11-10(5)8(6)3;1-6-7(2)9(4)10(5)8(6)3;1-5-6(2)10-8(4)7(3)9-5;1-5-6(2)9-8(4)10-7(5)3;2*1-5-6(2)8(4)9-7(5)3;1-5-6(2)9(4)7(3)8-5;2*1-4-5(2)8-6(3)7-4;;;;/h1-5H3;1-5H3;2*1-4H3;3*1-4H3;2*1-3H3;4*1H4. The first-order chi connectivity index (χ1) is 38.6. The maximum absolute atomic E-state index is 5.34. The molecule has 0 N–H and O–H groups in total. The lowest BCUT2D eigenvalue weighted by Crippen LogP contribution is -1.98. The lowest BCUT2D eigenvalue weighted by atomic mass is 10.0. The summed E-state index contributed by atoms with van der Waals surface area (Å²) in [4.78, 5) is 38.3. The van der Waals surface area contributed by atoms with Gasteiger partial charge in [-0.1, -0.05) is 29.7 Å². The first kappa shape index (κ1) is 88.1. The van der Waals surface area contributed by atoms with Gasteiger partial charge in [0, 0.05) is 75.5 Å². The quantitative estimate of drug-likeness (QED) is 0.144. The van der Waals surface area contributed by atoms with Crippen LogP contribution in [0.5, 0.6) is 0 Å². The van der Waals surface area contributed by atoms with Gasteiger partial charge in [-0.3, -0.25) is 15.0 Å². The van der Waals surface area contributed by atoms with Gasteiger partial charge in [0.25, 0.3) is 0 Å². The summed E-state index contributed by atoms with van der Waals surface area (Å²) >= 11 is 3.65. The average Bonchev–Trinajstić information content (AvgIpc) is 3.66. The van der Waals surface area contributed by atoms with Crippen molar-refractivity contribution in [3.63, 3.8) is 0 Å². The molecule has 88 heavy (non-hydrogen) atoms. The summed E-state index contributed by atoms with van der Waals surface area (Å²) in [6, 6.07) is 0. The van der Waals surface area contributed by atoms with Gasteiger partial charge < -0.3 is 18.0 Å². The summed E-state index contributed by atoms with van der Waals surface area (Å²) < 4.78 is 14.8. The van der Waals surface area contributed by atoms with E-state index in [2.05, 4.69) is 174 Å². The van der Waals surface area contributed by atoms with E-state index in [0.29, 0.717) is 0 Å². The number of pyridine rings is 1. The molecule has 0 aliphatic heterocycles. The fourth-order valence-electron chi connectivity index (χ4n) is 8.28. The molecule has 14 heteroatoms. The molecule has 0 spiro atoms. The van der Waals surface area contributed by atoms with Crippen LogP contribution >= 0.6 is 22.7 Å². The molecule has 9 aromatic heterocycles. The van der Waals surface area contributed by atoms with Crippen LogP contribution in [0.25, 0.3) is 0 Å². The molecule has 0 unspecified atom stereocenters. The predicted molar refractivity (Wildman–Crippen MR) is 387 cm³/mol. The summed E-state index contributed by atoms with van der Waals surface area (Å²) in [7, 11) is 4.15. The van der Waals surface area contributed by atoms with Crippen molar-refractivity contribution in [2.45, 2.75) is 265 Å². The van der Waals surface area contributed by atoms with Gasteiger partial charge in [0.1, 0.15) is 28.9 Å². The van der Waals surface area contributed by atoms with Gasteiger partial charge in [-0.25, -0.2) is 24.9 Å². The highest BCUT2D eigenvalue weighted by Crippen LogP contribution is 2.25. The van der Waals surface area contributed by atoms with Gasteiger partial charge in [-0.2, -0.15) is 0 Å². The van der Waals surface area contributed by atoms with Crippen molar-refractivity contribution >= 4 is 22.7 Å². The minimum Gasteiger partial charge on any atom is -0.466 e. The van der Waals surface area contributed by atoms with Gasteiger partial charge in [0.15, 0.2) is 5.89 Å². The zero-order chi connectivity index (χ0) is 65.3. The van der Waals surface area contributed by atoms with Crippen LogP contribution in [0.4, 0.5) is 0 Å². The fraction of sp³-hybridized carbons (Fsp3) is 0.541. The molecule has 494 valence electrons. The number of aromatic nitrogens is 10. The lowest BCUT2D eigenvalue weighted by Gasteiger charge is -2.09. The molecule has 9 heterocycles. The second-order valence-corrected chi connectivity index (χ2v) is 25.2. The van der Waals surface area contributed by atoms with E-state index < -0.39 is 0 Å². The number of hydrogen-bond donors (Lipinski definition) is 0. The minimum atomic E-state index is 0. The molecule has 0 bridgehead atoms.